The summed E-state index contributed by atoms with van der Waals surface area (Å²) in [7, 11) is 0. The Hall–Kier alpha value is -0.160. The topological polar surface area (TPSA) is 44.7 Å². The summed E-state index contributed by atoms with van der Waals surface area (Å²) in [6.45, 7) is 9.76. The van der Waals surface area contributed by atoms with Crippen molar-refractivity contribution in [2.24, 2.45) is 0 Å². The molecule has 0 aliphatic carbocycles. The monoisotopic (exact) mass is 300 g/mol. The fourth-order valence-corrected chi connectivity index (χ4v) is 2.86. The second kappa shape index (κ2) is 12.4. The summed E-state index contributed by atoms with van der Waals surface area (Å²) in [5.74, 6) is 0. The van der Waals surface area contributed by atoms with Crippen LogP contribution in [-0.2, 0) is 4.74 Å². The van der Waals surface area contributed by atoms with Crippen LogP contribution >= 0.6 is 0 Å². The average Bonchev–Trinajstić information content (AvgIpc) is 2.51. The number of aliphatic hydroxyl groups excluding tert-OH is 1. The zero-order chi connectivity index (χ0) is 15.3. The predicted octanol–water partition coefficient (Wildman–Crippen LogP) is 2.41. The number of ether oxygens (including phenoxy) is 1. The Morgan fingerprint density at radius 3 is 2.57 bits per heavy atom. The standard InChI is InChI=1S/C17H36N2O2/c1-3-4-5-9-12-21-15-17(20)14-18-13-16(2)19-10-7-6-8-11-19/h16-18,20H,3-15H2,1-2H3. The number of hydrogen-bond donors (Lipinski definition) is 2. The molecule has 4 nitrogen and oxygen atoms in total. The highest BCUT2D eigenvalue weighted by atomic mass is 16.5. The van der Waals surface area contributed by atoms with E-state index in [-0.39, 0.29) is 6.10 Å². The van der Waals surface area contributed by atoms with E-state index in [9.17, 15) is 5.11 Å². The van der Waals surface area contributed by atoms with Gasteiger partial charge < -0.3 is 15.2 Å². The Morgan fingerprint density at radius 2 is 1.86 bits per heavy atom. The maximum absolute atomic E-state index is 9.87. The van der Waals surface area contributed by atoms with E-state index in [1.807, 2.05) is 0 Å². The van der Waals surface area contributed by atoms with Crippen LogP contribution in [0.1, 0.15) is 58.8 Å². The molecule has 1 heterocycles. The summed E-state index contributed by atoms with van der Waals surface area (Å²) in [5.41, 5.74) is 0. The van der Waals surface area contributed by atoms with Crippen LogP contribution in [0.5, 0.6) is 0 Å². The maximum Gasteiger partial charge on any atom is 0.0897 e. The molecule has 1 aliphatic heterocycles. The first-order valence-electron chi connectivity index (χ1n) is 8.94. The quantitative estimate of drug-likeness (QED) is 0.543. The van der Waals surface area contributed by atoms with Crippen LogP contribution in [0.15, 0.2) is 0 Å². The summed E-state index contributed by atoms with van der Waals surface area (Å²) >= 11 is 0. The molecule has 0 amide bonds. The second-order valence-corrected chi connectivity index (χ2v) is 6.39. The van der Waals surface area contributed by atoms with Gasteiger partial charge in [0.25, 0.3) is 0 Å². The molecule has 2 atom stereocenters. The first-order chi connectivity index (χ1) is 10.2. The van der Waals surface area contributed by atoms with Crippen molar-refractivity contribution in [1.29, 1.82) is 0 Å². The molecule has 126 valence electrons. The molecule has 4 heteroatoms. The summed E-state index contributed by atoms with van der Waals surface area (Å²) in [4.78, 5) is 2.55. The van der Waals surface area contributed by atoms with Crippen molar-refractivity contribution in [3.8, 4) is 0 Å². The molecule has 0 bridgehead atoms. The molecule has 2 unspecified atom stereocenters. The third-order valence-corrected chi connectivity index (χ3v) is 4.29. The van der Waals surface area contributed by atoms with Gasteiger partial charge in [-0.1, -0.05) is 32.6 Å². The molecule has 1 saturated heterocycles. The Balaban J connectivity index is 1.93. The van der Waals surface area contributed by atoms with Crippen LogP contribution in [0.3, 0.4) is 0 Å². The molecule has 0 aromatic carbocycles. The van der Waals surface area contributed by atoms with Gasteiger partial charge in [0.2, 0.25) is 0 Å². The summed E-state index contributed by atoms with van der Waals surface area (Å²) in [6.07, 6.45) is 8.54. The molecule has 0 spiro atoms. The minimum atomic E-state index is -0.385. The highest BCUT2D eigenvalue weighted by Gasteiger charge is 2.16. The third-order valence-electron chi connectivity index (χ3n) is 4.29. The van der Waals surface area contributed by atoms with Gasteiger partial charge in [0, 0.05) is 25.7 Å². The van der Waals surface area contributed by atoms with Crippen molar-refractivity contribution >= 4 is 0 Å². The van der Waals surface area contributed by atoms with Crippen molar-refractivity contribution in [2.45, 2.75) is 70.9 Å². The lowest BCUT2D eigenvalue weighted by molar-refractivity contribution is 0.0344. The first-order valence-corrected chi connectivity index (χ1v) is 8.94. The lowest BCUT2D eigenvalue weighted by atomic mass is 10.1. The summed E-state index contributed by atoms with van der Waals surface area (Å²) in [5, 5.41) is 13.2. The highest BCUT2D eigenvalue weighted by molar-refractivity contribution is 4.73. The molecule has 0 radical (unpaired) electrons. The highest BCUT2D eigenvalue weighted by Crippen LogP contribution is 2.11. The average molecular weight is 300 g/mol. The Kier molecular flexibility index (Phi) is 11.1. The number of rotatable bonds is 12. The normalized spacial score (nSPS) is 19.6. The molecule has 2 N–H and O–H groups in total. The number of piperidine rings is 1. The van der Waals surface area contributed by atoms with E-state index in [0.717, 1.165) is 19.6 Å². The molecule has 0 saturated carbocycles. The lowest BCUT2D eigenvalue weighted by Gasteiger charge is -2.32. The van der Waals surface area contributed by atoms with Gasteiger partial charge in [0.1, 0.15) is 0 Å². The van der Waals surface area contributed by atoms with E-state index in [2.05, 4.69) is 24.1 Å². The number of nitrogens with zero attached hydrogens (tertiary/aromatic N) is 1. The number of unbranched alkanes of at least 4 members (excludes halogenated alkanes) is 3. The van der Waals surface area contributed by atoms with Gasteiger partial charge in [0.15, 0.2) is 0 Å². The molecule has 0 aromatic rings. The van der Waals surface area contributed by atoms with Crippen molar-refractivity contribution in [2.75, 3.05) is 39.4 Å². The third kappa shape index (κ3) is 9.46. The van der Waals surface area contributed by atoms with Gasteiger partial charge in [-0.15, -0.1) is 0 Å². The summed E-state index contributed by atoms with van der Waals surface area (Å²) < 4.78 is 5.52. The van der Waals surface area contributed by atoms with Gasteiger partial charge in [-0.05, 0) is 39.3 Å². The number of likely N-dealkylation sites (tertiary alicyclic amines) is 1. The van der Waals surface area contributed by atoms with E-state index >= 15 is 0 Å². The van der Waals surface area contributed by atoms with Gasteiger partial charge in [-0.3, -0.25) is 4.90 Å². The minimum Gasteiger partial charge on any atom is -0.389 e. The maximum atomic E-state index is 9.87. The number of hydrogen-bond acceptors (Lipinski definition) is 4. The van der Waals surface area contributed by atoms with Crippen molar-refractivity contribution < 1.29 is 9.84 Å². The van der Waals surface area contributed by atoms with Crippen LogP contribution in [0.4, 0.5) is 0 Å². The zero-order valence-electron chi connectivity index (χ0n) is 14.1. The van der Waals surface area contributed by atoms with Crippen LogP contribution in [0.2, 0.25) is 0 Å². The van der Waals surface area contributed by atoms with E-state index < -0.39 is 0 Å². The van der Waals surface area contributed by atoms with E-state index in [1.165, 1.54) is 51.6 Å². The zero-order valence-corrected chi connectivity index (χ0v) is 14.1. The Bertz CT molecular complexity index is 233. The number of aliphatic hydroxyl groups is 1. The first kappa shape index (κ1) is 18.9. The van der Waals surface area contributed by atoms with Gasteiger partial charge in [0.05, 0.1) is 12.7 Å². The van der Waals surface area contributed by atoms with Crippen LogP contribution < -0.4 is 5.32 Å². The largest absolute Gasteiger partial charge is 0.389 e. The molecule has 1 aliphatic rings. The molecular formula is C17H36N2O2. The van der Waals surface area contributed by atoms with Gasteiger partial charge >= 0.3 is 0 Å². The lowest BCUT2D eigenvalue weighted by Crippen LogP contribution is -2.44. The molecule has 0 aromatic heterocycles. The summed E-state index contributed by atoms with van der Waals surface area (Å²) in [6, 6.07) is 0.562. The minimum absolute atomic E-state index is 0.385. The van der Waals surface area contributed by atoms with Crippen LogP contribution in [-0.4, -0.2) is 61.5 Å². The van der Waals surface area contributed by atoms with Crippen molar-refractivity contribution in [3.63, 3.8) is 0 Å². The Labute approximate surface area is 131 Å². The van der Waals surface area contributed by atoms with Gasteiger partial charge in [-0.2, -0.15) is 0 Å². The smallest absolute Gasteiger partial charge is 0.0897 e. The van der Waals surface area contributed by atoms with Crippen molar-refractivity contribution in [1.82, 2.24) is 10.2 Å². The number of nitrogens with one attached hydrogen (secondary N) is 1. The Morgan fingerprint density at radius 1 is 1.10 bits per heavy atom. The fourth-order valence-electron chi connectivity index (χ4n) is 2.86. The fraction of sp³-hybridized carbons (Fsp3) is 1.00. The SMILES string of the molecule is CCCCCCOCC(O)CNCC(C)N1CCCCC1. The molecule has 1 fully saturated rings. The van der Waals surface area contributed by atoms with E-state index in [1.54, 1.807) is 0 Å². The van der Waals surface area contributed by atoms with Crippen LogP contribution in [0.25, 0.3) is 0 Å². The van der Waals surface area contributed by atoms with Gasteiger partial charge in [-0.25, -0.2) is 0 Å². The molecule has 1 rings (SSSR count). The van der Waals surface area contributed by atoms with Crippen LogP contribution in [0, 0.1) is 0 Å². The second-order valence-electron chi connectivity index (χ2n) is 6.39. The van der Waals surface area contributed by atoms with Crippen molar-refractivity contribution in [3.05, 3.63) is 0 Å². The van der Waals surface area contributed by atoms with E-state index in [4.69, 9.17) is 4.74 Å². The van der Waals surface area contributed by atoms with E-state index in [0.29, 0.717) is 19.2 Å². The molecular weight excluding hydrogens is 264 g/mol. The predicted molar refractivity (Wildman–Crippen MR) is 88.7 cm³/mol. The molecule has 21 heavy (non-hydrogen) atoms.